The maximum atomic E-state index is 11.0. The monoisotopic (exact) mass is 155 g/mol. The largest absolute Gasteiger partial charge is 0.330 e. The first-order valence-corrected chi connectivity index (χ1v) is 3.52. The molecule has 62 valence electrons. The lowest BCUT2D eigenvalue weighted by atomic mass is 9.95. The highest BCUT2D eigenvalue weighted by atomic mass is 16.1. The molecule has 0 saturated heterocycles. The van der Waals surface area contributed by atoms with E-state index >= 15 is 0 Å². The lowest BCUT2D eigenvalue weighted by Crippen LogP contribution is -2.35. The van der Waals surface area contributed by atoms with Crippen molar-refractivity contribution in [2.45, 2.75) is 13.8 Å². The van der Waals surface area contributed by atoms with Crippen LogP contribution in [0.4, 0.5) is 0 Å². The number of nitrogens with one attached hydrogen (secondary N) is 1. The van der Waals surface area contributed by atoms with E-state index in [-0.39, 0.29) is 24.3 Å². The number of carbonyl (C=O) groups is 1. The highest BCUT2D eigenvalue weighted by molar-refractivity contribution is 5.80. The zero-order valence-electron chi connectivity index (χ0n) is 6.79. The Labute approximate surface area is 66.4 Å². The van der Waals surface area contributed by atoms with Crippen molar-refractivity contribution in [1.82, 2.24) is 5.32 Å². The van der Waals surface area contributed by atoms with Crippen LogP contribution in [-0.2, 0) is 4.79 Å². The average molecular weight is 155 g/mol. The molecule has 0 fully saturated rings. The second-order valence-electron chi connectivity index (χ2n) is 2.69. The minimum absolute atomic E-state index is 0.174. The smallest absolute Gasteiger partial charge is 0.237 e. The van der Waals surface area contributed by atoms with Crippen molar-refractivity contribution in [2.75, 3.05) is 6.54 Å². The molecule has 0 spiro atoms. The summed E-state index contributed by atoms with van der Waals surface area (Å²) < 4.78 is 0. The van der Waals surface area contributed by atoms with Crippen LogP contribution in [0.1, 0.15) is 13.8 Å². The molecule has 0 aliphatic rings. The molecule has 0 aromatic rings. The highest BCUT2D eigenvalue weighted by Gasteiger charge is 2.19. The van der Waals surface area contributed by atoms with Gasteiger partial charge >= 0.3 is 0 Å². The molecule has 4 heteroatoms. The van der Waals surface area contributed by atoms with Crippen LogP contribution in [0.3, 0.4) is 0 Å². The van der Waals surface area contributed by atoms with Crippen molar-refractivity contribution in [3.05, 3.63) is 0 Å². The number of nitrogens with zero attached hydrogens (tertiary/aromatic N) is 1. The molecular formula is C7H13N3O. The van der Waals surface area contributed by atoms with Gasteiger partial charge in [0.2, 0.25) is 5.91 Å². The number of amides is 1. The number of nitriles is 1. The second-order valence-corrected chi connectivity index (χ2v) is 2.69. The van der Waals surface area contributed by atoms with E-state index in [9.17, 15) is 4.79 Å². The summed E-state index contributed by atoms with van der Waals surface area (Å²) in [5.74, 6) is -0.368. The standard InChI is InChI=1S/C7H13N3O/c1-5(2)6(3-8)7(11)10-4-9/h5-6H,3,8H2,1-2H3,(H,10,11). The molecule has 0 radical (unpaired) electrons. The first kappa shape index (κ1) is 9.92. The average Bonchev–Trinajstić information content (AvgIpc) is 1.88. The van der Waals surface area contributed by atoms with Gasteiger partial charge in [-0.2, -0.15) is 5.26 Å². The zero-order valence-corrected chi connectivity index (χ0v) is 6.79. The van der Waals surface area contributed by atoms with E-state index in [1.807, 2.05) is 13.8 Å². The summed E-state index contributed by atoms with van der Waals surface area (Å²) in [4.78, 5) is 11.0. The molecule has 0 saturated carbocycles. The van der Waals surface area contributed by atoms with E-state index in [1.54, 1.807) is 6.19 Å². The molecule has 0 bridgehead atoms. The molecule has 0 heterocycles. The van der Waals surface area contributed by atoms with E-state index in [2.05, 4.69) is 5.32 Å². The van der Waals surface area contributed by atoms with Crippen molar-refractivity contribution in [1.29, 1.82) is 5.26 Å². The number of nitrogens with two attached hydrogens (primary N) is 1. The van der Waals surface area contributed by atoms with Gasteiger partial charge in [-0.15, -0.1) is 0 Å². The predicted molar refractivity (Wildman–Crippen MR) is 41.1 cm³/mol. The third-order valence-corrected chi connectivity index (χ3v) is 1.57. The number of rotatable bonds is 3. The Bertz CT molecular complexity index is 171. The van der Waals surface area contributed by atoms with Gasteiger partial charge in [-0.25, -0.2) is 0 Å². The molecule has 0 aromatic heterocycles. The number of hydrogen-bond acceptors (Lipinski definition) is 3. The van der Waals surface area contributed by atoms with Gasteiger partial charge in [0.15, 0.2) is 6.19 Å². The van der Waals surface area contributed by atoms with Gasteiger partial charge in [0.05, 0.1) is 5.92 Å². The minimum atomic E-state index is -0.287. The molecule has 3 N–H and O–H groups in total. The van der Waals surface area contributed by atoms with Crippen molar-refractivity contribution in [3.8, 4) is 6.19 Å². The van der Waals surface area contributed by atoms with E-state index in [4.69, 9.17) is 11.0 Å². The lowest BCUT2D eigenvalue weighted by Gasteiger charge is -2.15. The first-order chi connectivity index (χ1) is 5.13. The van der Waals surface area contributed by atoms with Crippen LogP contribution in [0.15, 0.2) is 0 Å². The zero-order chi connectivity index (χ0) is 8.85. The van der Waals surface area contributed by atoms with Gasteiger partial charge in [0.25, 0.3) is 0 Å². The summed E-state index contributed by atoms with van der Waals surface area (Å²) >= 11 is 0. The summed E-state index contributed by atoms with van der Waals surface area (Å²) in [5.41, 5.74) is 5.33. The molecular weight excluding hydrogens is 142 g/mol. The highest BCUT2D eigenvalue weighted by Crippen LogP contribution is 2.08. The number of hydrogen-bond donors (Lipinski definition) is 2. The van der Waals surface area contributed by atoms with Crippen LogP contribution in [0, 0.1) is 23.3 Å². The van der Waals surface area contributed by atoms with E-state index in [0.29, 0.717) is 0 Å². The molecule has 1 atom stereocenters. The summed E-state index contributed by atoms with van der Waals surface area (Å²) in [6, 6.07) is 0. The van der Waals surface area contributed by atoms with Crippen LogP contribution in [0.2, 0.25) is 0 Å². The molecule has 0 rings (SSSR count). The van der Waals surface area contributed by atoms with Gasteiger partial charge in [0.1, 0.15) is 0 Å². The third-order valence-electron chi connectivity index (χ3n) is 1.57. The summed E-state index contributed by atoms with van der Waals surface area (Å²) in [7, 11) is 0. The van der Waals surface area contributed by atoms with Crippen LogP contribution < -0.4 is 11.1 Å². The fourth-order valence-electron chi connectivity index (χ4n) is 0.830. The molecule has 1 unspecified atom stereocenters. The number of carbonyl (C=O) groups excluding carboxylic acids is 1. The first-order valence-electron chi connectivity index (χ1n) is 3.52. The third kappa shape index (κ3) is 3.01. The predicted octanol–water partition coefficient (Wildman–Crippen LogP) is -0.185. The van der Waals surface area contributed by atoms with Crippen molar-refractivity contribution in [2.24, 2.45) is 17.6 Å². The molecule has 0 aromatic carbocycles. The van der Waals surface area contributed by atoms with Crippen molar-refractivity contribution in [3.63, 3.8) is 0 Å². The Morgan fingerprint density at radius 3 is 2.55 bits per heavy atom. The molecule has 1 amide bonds. The van der Waals surface area contributed by atoms with Crippen LogP contribution in [0.25, 0.3) is 0 Å². The van der Waals surface area contributed by atoms with E-state index in [1.165, 1.54) is 0 Å². The van der Waals surface area contributed by atoms with Crippen LogP contribution >= 0.6 is 0 Å². The normalized spacial score (nSPS) is 12.3. The summed E-state index contributed by atoms with van der Waals surface area (Å²) in [6.45, 7) is 4.08. The summed E-state index contributed by atoms with van der Waals surface area (Å²) in [5, 5.41) is 10.2. The van der Waals surface area contributed by atoms with E-state index in [0.717, 1.165) is 0 Å². The van der Waals surface area contributed by atoms with Crippen LogP contribution in [-0.4, -0.2) is 12.5 Å². The van der Waals surface area contributed by atoms with Gasteiger partial charge in [-0.1, -0.05) is 13.8 Å². The van der Waals surface area contributed by atoms with E-state index < -0.39 is 0 Å². The SMILES string of the molecule is CC(C)C(CN)C(=O)NC#N. The Kier molecular flexibility index (Phi) is 4.23. The fourth-order valence-corrected chi connectivity index (χ4v) is 0.830. The molecule has 0 aliphatic heterocycles. The second kappa shape index (κ2) is 4.69. The van der Waals surface area contributed by atoms with Crippen molar-refractivity contribution < 1.29 is 4.79 Å². The van der Waals surface area contributed by atoms with Crippen molar-refractivity contribution >= 4 is 5.91 Å². The lowest BCUT2D eigenvalue weighted by molar-refractivity contribution is -0.124. The van der Waals surface area contributed by atoms with Gasteiger partial charge in [0, 0.05) is 6.54 Å². The Balaban J connectivity index is 4.05. The Morgan fingerprint density at radius 2 is 2.27 bits per heavy atom. The fraction of sp³-hybridized carbons (Fsp3) is 0.714. The maximum Gasteiger partial charge on any atom is 0.237 e. The van der Waals surface area contributed by atoms with Gasteiger partial charge in [-0.3, -0.25) is 10.1 Å². The Hall–Kier alpha value is -1.08. The molecule has 0 aliphatic carbocycles. The van der Waals surface area contributed by atoms with Gasteiger partial charge < -0.3 is 5.73 Å². The van der Waals surface area contributed by atoms with Crippen LogP contribution in [0.5, 0.6) is 0 Å². The topological polar surface area (TPSA) is 78.9 Å². The minimum Gasteiger partial charge on any atom is -0.330 e. The Morgan fingerprint density at radius 1 is 1.73 bits per heavy atom. The molecule has 4 nitrogen and oxygen atoms in total. The summed E-state index contributed by atoms with van der Waals surface area (Å²) in [6.07, 6.45) is 1.58. The molecule has 11 heavy (non-hydrogen) atoms. The quantitative estimate of drug-likeness (QED) is 0.438. The van der Waals surface area contributed by atoms with Gasteiger partial charge in [-0.05, 0) is 5.92 Å². The maximum absolute atomic E-state index is 11.0.